The van der Waals surface area contributed by atoms with Gasteiger partial charge in [0.2, 0.25) is 0 Å². The lowest BCUT2D eigenvalue weighted by atomic mass is 10.1. The highest BCUT2D eigenvalue weighted by Gasteiger charge is 2.25. The van der Waals surface area contributed by atoms with Crippen molar-refractivity contribution in [3.05, 3.63) is 46.8 Å². The van der Waals surface area contributed by atoms with Crippen molar-refractivity contribution in [3.8, 4) is 5.69 Å². The first-order chi connectivity index (χ1) is 9.47. The summed E-state index contributed by atoms with van der Waals surface area (Å²) in [6.45, 7) is 5.44. The van der Waals surface area contributed by atoms with Gasteiger partial charge in [0.15, 0.2) is 0 Å². The van der Waals surface area contributed by atoms with Crippen LogP contribution in [-0.2, 0) is 9.53 Å². The molecule has 0 aliphatic heterocycles. The number of Topliss-reactive ketones (excluding diaryl/α,β-unsaturated/α-hetero) is 1. The van der Waals surface area contributed by atoms with E-state index in [1.54, 1.807) is 18.5 Å². The van der Waals surface area contributed by atoms with Crippen molar-refractivity contribution in [2.24, 2.45) is 0 Å². The van der Waals surface area contributed by atoms with E-state index in [2.05, 4.69) is 9.84 Å². The molecule has 1 aromatic heterocycles. The number of carbonyl (C=O) groups excluding carboxylic acids is 2. The molecule has 0 spiro atoms. The summed E-state index contributed by atoms with van der Waals surface area (Å²) in [6.07, 6.45) is 0. The topological polar surface area (TPSA) is 61.2 Å². The van der Waals surface area contributed by atoms with Crippen molar-refractivity contribution in [3.63, 3.8) is 0 Å². The van der Waals surface area contributed by atoms with Crippen molar-refractivity contribution in [2.45, 2.75) is 20.8 Å². The number of para-hydroxylation sites is 1. The second kappa shape index (κ2) is 5.28. The van der Waals surface area contributed by atoms with Crippen molar-refractivity contribution in [1.29, 1.82) is 0 Å². The normalized spacial score (nSPS) is 10.4. The minimum absolute atomic E-state index is 0.306. The minimum Gasteiger partial charge on any atom is -0.463 e. The number of ketones is 1. The first-order valence-electron chi connectivity index (χ1n) is 6.22. The monoisotopic (exact) mass is 272 g/mol. The predicted octanol–water partition coefficient (Wildman–Crippen LogP) is 2.15. The molecule has 0 aliphatic carbocycles. The van der Waals surface area contributed by atoms with Crippen LogP contribution in [0.3, 0.4) is 0 Å². The molecule has 0 saturated heterocycles. The molecule has 0 radical (unpaired) electrons. The van der Waals surface area contributed by atoms with E-state index in [-0.39, 0.29) is 0 Å². The van der Waals surface area contributed by atoms with Crippen LogP contribution in [0.1, 0.15) is 27.3 Å². The first kappa shape index (κ1) is 14.0. The third kappa shape index (κ3) is 2.22. The second-order valence-electron chi connectivity index (χ2n) is 4.56. The highest BCUT2D eigenvalue weighted by molar-refractivity contribution is 6.41. The molecule has 0 amide bonds. The summed E-state index contributed by atoms with van der Waals surface area (Å²) in [4.78, 5) is 23.4. The molecule has 0 saturated carbocycles. The number of aromatic nitrogens is 2. The van der Waals surface area contributed by atoms with Crippen molar-refractivity contribution >= 4 is 11.8 Å². The molecule has 1 heterocycles. The fourth-order valence-electron chi connectivity index (χ4n) is 2.20. The number of carbonyl (C=O) groups is 2. The quantitative estimate of drug-likeness (QED) is 0.488. The van der Waals surface area contributed by atoms with Gasteiger partial charge in [0.1, 0.15) is 0 Å². The Hall–Kier alpha value is -2.43. The molecule has 0 unspecified atom stereocenters. The van der Waals surface area contributed by atoms with E-state index in [0.717, 1.165) is 11.3 Å². The second-order valence-corrected chi connectivity index (χ2v) is 4.56. The summed E-state index contributed by atoms with van der Waals surface area (Å²) < 4.78 is 6.17. The van der Waals surface area contributed by atoms with Gasteiger partial charge in [-0.15, -0.1) is 0 Å². The van der Waals surface area contributed by atoms with Gasteiger partial charge in [0.05, 0.1) is 29.7 Å². The SMILES string of the molecule is COC(=O)C(=O)c1c(C)nn(-c2ccccc2C)c1C. The maximum absolute atomic E-state index is 12.0. The van der Waals surface area contributed by atoms with Gasteiger partial charge in [-0.3, -0.25) is 4.79 Å². The van der Waals surface area contributed by atoms with Gasteiger partial charge in [-0.1, -0.05) is 18.2 Å². The molecule has 1 aromatic carbocycles. The van der Waals surface area contributed by atoms with Gasteiger partial charge in [-0.25, -0.2) is 9.48 Å². The number of methoxy groups -OCH3 is 1. The van der Waals surface area contributed by atoms with E-state index in [9.17, 15) is 9.59 Å². The van der Waals surface area contributed by atoms with Crippen LogP contribution < -0.4 is 0 Å². The lowest BCUT2D eigenvalue weighted by molar-refractivity contribution is -0.135. The maximum Gasteiger partial charge on any atom is 0.379 e. The Bertz CT molecular complexity index is 686. The zero-order chi connectivity index (χ0) is 14.9. The molecular weight excluding hydrogens is 256 g/mol. The van der Waals surface area contributed by atoms with Crippen molar-refractivity contribution in [2.75, 3.05) is 7.11 Å². The zero-order valence-corrected chi connectivity index (χ0v) is 11.9. The summed E-state index contributed by atoms with van der Waals surface area (Å²) in [5.41, 5.74) is 3.38. The molecular formula is C15H16N2O3. The lowest BCUT2D eigenvalue weighted by Gasteiger charge is -2.07. The van der Waals surface area contributed by atoms with Crippen LogP contribution in [0.4, 0.5) is 0 Å². The molecule has 2 rings (SSSR count). The molecule has 104 valence electrons. The molecule has 0 N–H and O–H groups in total. The average molecular weight is 272 g/mol. The molecule has 0 atom stereocenters. The fraction of sp³-hybridized carbons (Fsp3) is 0.267. The number of rotatable bonds is 3. The third-order valence-corrected chi connectivity index (χ3v) is 3.23. The Morgan fingerprint density at radius 1 is 1.15 bits per heavy atom. The van der Waals surface area contributed by atoms with Crippen LogP contribution >= 0.6 is 0 Å². The molecule has 0 fully saturated rings. The van der Waals surface area contributed by atoms with Gasteiger partial charge >= 0.3 is 5.97 Å². The number of hydrogen-bond acceptors (Lipinski definition) is 4. The smallest absolute Gasteiger partial charge is 0.379 e. The fourth-order valence-corrected chi connectivity index (χ4v) is 2.20. The summed E-state index contributed by atoms with van der Waals surface area (Å²) in [5.74, 6) is -1.54. The van der Waals surface area contributed by atoms with E-state index in [0.29, 0.717) is 17.0 Å². The predicted molar refractivity (Wildman–Crippen MR) is 74.1 cm³/mol. The molecule has 5 heteroatoms. The van der Waals surface area contributed by atoms with Gasteiger partial charge in [0, 0.05) is 0 Å². The van der Waals surface area contributed by atoms with E-state index in [4.69, 9.17) is 0 Å². The van der Waals surface area contributed by atoms with Gasteiger partial charge < -0.3 is 4.74 Å². The Morgan fingerprint density at radius 3 is 2.40 bits per heavy atom. The van der Waals surface area contributed by atoms with Gasteiger partial charge in [-0.05, 0) is 32.4 Å². The average Bonchev–Trinajstić information content (AvgIpc) is 2.73. The van der Waals surface area contributed by atoms with Crippen molar-refractivity contribution < 1.29 is 14.3 Å². The van der Waals surface area contributed by atoms with Crippen LogP contribution in [0.25, 0.3) is 5.69 Å². The lowest BCUT2D eigenvalue weighted by Crippen LogP contribution is -2.17. The first-order valence-corrected chi connectivity index (χ1v) is 6.22. The number of aryl methyl sites for hydroxylation is 2. The van der Waals surface area contributed by atoms with Crippen LogP contribution in [0.2, 0.25) is 0 Å². The minimum atomic E-state index is -0.875. The van der Waals surface area contributed by atoms with Crippen LogP contribution in [0, 0.1) is 20.8 Å². The largest absolute Gasteiger partial charge is 0.463 e. The number of esters is 1. The van der Waals surface area contributed by atoms with Crippen LogP contribution in [0.15, 0.2) is 24.3 Å². The highest BCUT2D eigenvalue weighted by atomic mass is 16.5. The molecule has 0 aliphatic rings. The summed E-state index contributed by atoms with van der Waals surface area (Å²) >= 11 is 0. The zero-order valence-electron chi connectivity index (χ0n) is 11.9. The van der Waals surface area contributed by atoms with Crippen LogP contribution in [-0.4, -0.2) is 28.6 Å². The number of hydrogen-bond donors (Lipinski definition) is 0. The van der Waals surface area contributed by atoms with E-state index in [1.165, 1.54) is 7.11 Å². The summed E-state index contributed by atoms with van der Waals surface area (Å²) in [6, 6.07) is 7.72. The Morgan fingerprint density at radius 2 is 1.80 bits per heavy atom. The summed E-state index contributed by atoms with van der Waals surface area (Å²) in [7, 11) is 1.19. The van der Waals surface area contributed by atoms with E-state index >= 15 is 0 Å². The number of ether oxygens (including phenoxy) is 1. The number of nitrogens with zero attached hydrogens (tertiary/aromatic N) is 2. The molecule has 0 bridgehead atoms. The highest BCUT2D eigenvalue weighted by Crippen LogP contribution is 2.21. The summed E-state index contributed by atoms with van der Waals surface area (Å²) in [5, 5.41) is 4.37. The third-order valence-electron chi connectivity index (χ3n) is 3.23. The maximum atomic E-state index is 12.0. The molecule has 2 aromatic rings. The van der Waals surface area contributed by atoms with E-state index in [1.807, 2.05) is 31.2 Å². The van der Waals surface area contributed by atoms with Gasteiger partial charge in [0.25, 0.3) is 5.78 Å². The Labute approximate surface area is 117 Å². The van der Waals surface area contributed by atoms with Crippen molar-refractivity contribution in [1.82, 2.24) is 9.78 Å². The Balaban J connectivity index is 2.58. The molecule has 20 heavy (non-hydrogen) atoms. The standard InChI is InChI=1S/C15H16N2O3/c1-9-7-5-6-8-12(9)17-11(3)13(10(2)16-17)14(18)15(19)20-4/h5-8H,1-4H3. The number of benzene rings is 1. The Kier molecular flexibility index (Phi) is 3.70. The molecule has 5 nitrogen and oxygen atoms in total. The van der Waals surface area contributed by atoms with E-state index < -0.39 is 11.8 Å². The van der Waals surface area contributed by atoms with Gasteiger partial charge in [-0.2, -0.15) is 5.10 Å². The van der Waals surface area contributed by atoms with Crippen LogP contribution in [0.5, 0.6) is 0 Å².